The predicted molar refractivity (Wildman–Crippen MR) is 124 cm³/mol. The number of primary amides is 4. The van der Waals surface area contributed by atoms with Gasteiger partial charge in [0.25, 0.3) is 0 Å². The zero-order valence-corrected chi connectivity index (χ0v) is 20.6. The van der Waals surface area contributed by atoms with Crippen molar-refractivity contribution in [3.63, 3.8) is 0 Å². The number of ether oxygens (including phenoxy) is 4. The van der Waals surface area contributed by atoms with E-state index in [0.717, 1.165) is 0 Å². The Labute approximate surface area is 197 Å². The minimum Gasteiger partial charge on any atom is -0.380 e. The van der Waals surface area contributed by atoms with Gasteiger partial charge in [-0.3, -0.25) is 19.2 Å². The SMILES string of the molecule is CC.CC.NC(=O)CCOCC(COCCC(N)=O)(COCCC(N)=O)COCCC(N)=O. The van der Waals surface area contributed by atoms with Crippen LogP contribution in [-0.4, -0.2) is 76.5 Å². The molecule has 0 rings (SSSR count). The number of carbonyl (C=O) groups excluding carboxylic acids is 4. The molecule has 0 atom stereocenters. The quantitative estimate of drug-likeness (QED) is 0.168. The maximum Gasteiger partial charge on any atom is 0.219 e. The lowest BCUT2D eigenvalue weighted by atomic mass is 9.92. The van der Waals surface area contributed by atoms with Gasteiger partial charge in [-0.15, -0.1) is 0 Å². The maximum atomic E-state index is 10.9. The molecule has 0 spiro atoms. The van der Waals surface area contributed by atoms with E-state index in [-0.39, 0.29) is 78.5 Å². The summed E-state index contributed by atoms with van der Waals surface area (Å²) < 4.78 is 22.1. The van der Waals surface area contributed by atoms with E-state index >= 15 is 0 Å². The first-order chi connectivity index (χ1) is 15.7. The number of nitrogens with two attached hydrogens (primary N) is 4. The molecule has 33 heavy (non-hydrogen) atoms. The largest absolute Gasteiger partial charge is 0.380 e. The zero-order chi connectivity index (χ0) is 26.1. The van der Waals surface area contributed by atoms with Gasteiger partial charge in [0.05, 0.1) is 58.3 Å². The van der Waals surface area contributed by atoms with Crippen LogP contribution in [0, 0.1) is 5.41 Å². The van der Waals surface area contributed by atoms with Crippen LogP contribution in [0.25, 0.3) is 0 Å². The molecule has 0 radical (unpaired) electrons. The van der Waals surface area contributed by atoms with E-state index in [9.17, 15) is 19.2 Å². The first kappa shape index (κ1) is 35.3. The molecule has 0 saturated heterocycles. The molecule has 8 N–H and O–H groups in total. The smallest absolute Gasteiger partial charge is 0.219 e. The lowest BCUT2D eigenvalue weighted by Gasteiger charge is -2.33. The summed E-state index contributed by atoms with van der Waals surface area (Å²) >= 11 is 0. The Morgan fingerprint density at radius 1 is 0.485 bits per heavy atom. The topological polar surface area (TPSA) is 209 Å². The van der Waals surface area contributed by atoms with E-state index in [1.807, 2.05) is 27.7 Å². The molecule has 0 aromatic carbocycles. The Hall–Kier alpha value is -2.28. The number of hydrogen-bond acceptors (Lipinski definition) is 8. The lowest BCUT2D eigenvalue weighted by Crippen LogP contribution is -2.42. The summed E-state index contributed by atoms with van der Waals surface area (Å²) in [5.41, 5.74) is 19.5. The van der Waals surface area contributed by atoms with Crippen LogP contribution in [0.2, 0.25) is 0 Å². The van der Waals surface area contributed by atoms with Gasteiger partial charge >= 0.3 is 0 Å². The minimum atomic E-state index is -0.843. The van der Waals surface area contributed by atoms with Gasteiger partial charge in [0.2, 0.25) is 23.6 Å². The van der Waals surface area contributed by atoms with Crippen LogP contribution in [0.5, 0.6) is 0 Å². The van der Waals surface area contributed by atoms with Crippen LogP contribution in [0.15, 0.2) is 0 Å². The Balaban J connectivity index is -0.00000212. The van der Waals surface area contributed by atoms with Gasteiger partial charge in [0.1, 0.15) is 0 Å². The van der Waals surface area contributed by atoms with Crippen molar-refractivity contribution in [1.82, 2.24) is 0 Å². The summed E-state index contributed by atoms with van der Waals surface area (Å²) in [6, 6.07) is 0. The van der Waals surface area contributed by atoms with Crippen LogP contribution in [-0.2, 0) is 38.1 Å². The Kier molecular flexibility index (Phi) is 26.1. The van der Waals surface area contributed by atoms with Gasteiger partial charge in [-0.1, -0.05) is 27.7 Å². The molecule has 0 heterocycles. The molecule has 0 aromatic rings. The summed E-state index contributed by atoms with van der Waals surface area (Å²) in [5.74, 6) is -2.04. The van der Waals surface area contributed by atoms with Crippen molar-refractivity contribution < 1.29 is 38.1 Å². The monoisotopic (exact) mass is 480 g/mol. The molecule has 0 aromatic heterocycles. The first-order valence-corrected chi connectivity index (χ1v) is 11.1. The highest BCUT2D eigenvalue weighted by atomic mass is 16.5. The molecular weight excluding hydrogens is 436 g/mol. The third kappa shape index (κ3) is 25.9. The second-order valence-corrected chi connectivity index (χ2v) is 6.58. The van der Waals surface area contributed by atoms with E-state index in [1.165, 1.54) is 0 Å². The van der Waals surface area contributed by atoms with Crippen molar-refractivity contribution in [3.05, 3.63) is 0 Å². The third-order valence-corrected chi connectivity index (χ3v) is 3.60. The van der Waals surface area contributed by atoms with E-state index < -0.39 is 29.0 Å². The first-order valence-electron chi connectivity index (χ1n) is 11.1. The molecule has 0 unspecified atom stereocenters. The van der Waals surface area contributed by atoms with E-state index in [4.69, 9.17) is 41.9 Å². The molecule has 0 aliphatic rings. The molecular formula is C21H44N4O8. The summed E-state index contributed by atoms with van der Waals surface area (Å²) in [6.45, 7) is 8.63. The van der Waals surface area contributed by atoms with Crippen LogP contribution >= 0.6 is 0 Å². The van der Waals surface area contributed by atoms with E-state index in [0.29, 0.717) is 0 Å². The highest BCUT2D eigenvalue weighted by Crippen LogP contribution is 2.21. The summed E-state index contributed by atoms with van der Waals surface area (Å²) in [5, 5.41) is 0. The number of rotatable bonds is 20. The van der Waals surface area contributed by atoms with Crippen LogP contribution in [0.4, 0.5) is 0 Å². The van der Waals surface area contributed by atoms with Crippen molar-refractivity contribution in [2.75, 3.05) is 52.9 Å². The summed E-state index contributed by atoms with van der Waals surface area (Å²) in [4.78, 5) is 43.5. The van der Waals surface area contributed by atoms with Crippen molar-refractivity contribution in [2.45, 2.75) is 53.4 Å². The molecule has 0 bridgehead atoms. The lowest BCUT2D eigenvalue weighted by molar-refractivity contribution is -0.126. The molecule has 0 fully saturated rings. The number of carbonyl (C=O) groups is 4. The molecule has 0 aliphatic heterocycles. The highest BCUT2D eigenvalue weighted by Gasteiger charge is 2.32. The summed E-state index contributed by atoms with van der Waals surface area (Å²) in [7, 11) is 0. The number of amides is 4. The van der Waals surface area contributed by atoms with E-state index in [1.54, 1.807) is 0 Å². The molecule has 0 saturated carbocycles. The molecule has 196 valence electrons. The fourth-order valence-electron chi connectivity index (χ4n) is 2.10. The Morgan fingerprint density at radius 2 is 0.667 bits per heavy atom. The van der Waals surface area contributed by atoms with Gasteiger partial charge in [0.15, 0.2) is 0 Å². The van der Waals surface area contributed by atoms with E-state index in [2.05, 4.69) is 0 Å². The van der Waals surface area contributed by atoms with Gasteiger partial charge in [-0.2, -0.15) is 0 Å². The molecule has 12 heteroatoms. The van der Waals surface area contributed by atoms with Crippen LogP contribution in [0.3, 0.4) is 0 Å². The highest BCUT2D eigenvalue weighted by molar-refractivity contribution is 5.74. The fraction of sp³-hybridized carbons (Fsp3) is 0.810. The standard InChI is InChI=1S/C17H32N4O8.2C2H6/c18-13(22)1-5-26-9-17(10-27-6-2-14(19)23,11-28-7-3-15(20)24)12-29-8-4-16(21)25;2*1-2/h1-12H2,(H2,18,22)(H2,19,23)(H2,20,24)(H2,21,25);2*1-2H3. The maximum absolute atomic E-state index is 10.9. The zero-order valence-electron chi connectivity index (χ0n) is 20.6. The summed E-state index contributed by atoms with van der Waals surface area (Å²) in [6.07, 6.45) is 0.126. The third-order valence-electron chi connectivity index (χ3n) is 3.60. The van der Waals surface area contributed by atoms with Crippen molar-refractivity contribution >= 4 is 23.6 Å². The van der Waals surface area contributed by atoms with Crippen molar-refractivity contribution in [1.29, 1.82) is 0 Å². The van der Waals surface area contributed by atoms with Crippen molar-refractivity contribution in [2.24, 2.45) is 28.3 Å². The number of hydrogen-bond donors (Lipinski definition) is 4. The second-order valence-electron chi connectivity index (χ2n) is 6.58. The molecule has 4 amide bonds. The molecule has 12 nitrogen and oxygen atoms in total. The second kappa shape index (κ2) is 24.4. The normalized spacial score (nSPS) is 10.3. The Morgan fingerprint density at radius 3 is 0.818 bits per heavy atom. The minimum absolute atomic E-state index is 0.0314. The van der Waals surface area contributed by atoms with Gasteiger partial charge in [-0.05, 0) is 0 Å². The van der Waals surface area contributed by atoms with Gasteiger partial charge in [0, 0.05) is 25.7 Å². The Bertz CT molecular complexity index is 439. The predicted octanol–water partition coefficient (Wildman–Crippen LogP) is -0.407. The van der Waals surface area contributed by atoms with Crippen molar-refractivity contribution in [3.8, 4) is 0 Å². The van der Waals surface area contributed by atoms with Crippen LogP contribution in [0.1, 0.15) is 53.4 Å². The van der Waals surface area contributed by atoms with Gasteiger partial charge < -0.3 is 41.9 Å². The average molecular weight is 481 g/mol. The van der Waals surface area contributed by atoms with Gasteiger partial charge in [-0.25, -0.2) is 0 Å². The molecule has 0 aliphatic carbocycles. The fourth-order valence-corrected chi connectivity index (χ4v) is 2.10. The van der Waals surface area contributed by atoms with Crippen LogP contribution < -0.4 is 22.9 Å². The average Bonchev–Trinajstić information content (AvgIpc) is 2.77.